The van der Waals surface area contributed by atoms with Gasteiger partial charge >= 0.3 is 0 Å². The first kappa shape index (κ1) is 15.8. The molecule has 1 unspecified atom stereocenters. The summed E-state index contributed by atoms with van der Waals surface area (Å²) in [4.78, 5) is 0. The van der Waals surface area contributed by atoms with Crippen molar-refractivity contribution < 1.29 is 0 Å². The Morgan fingerprint density at radius 1 is 1.19 bits per heavy atom. The second-order valence-corrected chi connectivity index (χ2v) is 5.72. The van der Waals surface area contributed by atoms with Crippen LogP contribution < -0.4 is 5.32 Å². The molecule has 114 valence electrons. The van der Waals surface area contributed by atoms with Gasteiger partial charge in [-0.25, -0.2) is 4.68 Å². The maximum Gasteiger partial charge on any atom is 0.0652 e. The van der Waals surface area contributed by atoms with Gasteiger partial charge in [0, 0.05) is 11.7 Å². The van der Waals surface area contributed by atoms with E-state index in [1.54, 1.807) is 0 Å². The van der Waals surface area contributed by atoms with Gasteiger partial charge in [0.05, 0.1) is 11.4 Å². The molecule has 0 saturated heterocycles. The summed E-state index contributed by atoms with van der Waals surface area (Å²) in [6.45, 7) is 11.8. The second-order valence-electron chi connectivity index (χ2n) is 5.72. The fraction of sp³-hybridized carbons (Fsp3) is 0.500. The van der Waals surface area contributed by atoms with E-state index in [1.807, 2.05) is 0 Å². The Kier molecular flexibility index (Phi) is 5.18. The van der Waals surface area contributed by atoms with E-state index in [2.05, 4.69) is 74.0 Å². The maximum atomic E-state index is 4.66. The molecule has 0 fully saturated rings. The molecule has 0 amide bonds. The summed E-state index contributed by atoms with van der Waals surface area (Å²) in [6, 6.07) is 9.15. The minimum absolute atomic E-state index is 0.419. The number of nitrogens with one attached hydrogen (secondary N) is 1. The summed E-state index contributed by atoms with van der Waals surface area (Å²) < 4.78 is 2.06. The number of benzene rings is 1. The first-order chi connectivity index (χ1) is 10.1. The largest absolute Gasteiger partial charge is 0.310 e. The molecule has 1 heterocycles. The van der Waals surface area contributed by atoms with Crippen molar-refractivity contribution in [3.8, 4) is 5.69 Å². The first-order valence-corrected chi connectivity index (χ1v) is 7.95. The Morgan fingerprint density at radius 2 is 1.95 bits per heavy atom. The third kappa shape index (κ3) is 3.35. The summed E-state index contributed by atoms with van der Waals surface area (Å²) in [5, 5.41) is 8.28. The van der Waals surface area contributed by atoms with E-state index >= 15 is 0 Å². The molecule has 1 aromatic heterocycles. The van der Waals surface area contributed by atoms with Gasteiger partial charge in [0.1, 0.15) is 0 Å². The molecule has 1 aromatic carbocycles. The zero-order chi connectivity index (χ0) is 15.4. The first-order valence-electron chi connectivity index (χ1n) is 7.95. The summed E-state index contributed by atoms with van der Waals surface area (Å²) in [6.07, 6.45) is 2.26. The van der Waals surface area contributed by atoms with Crippen LogP contribution in [0.4, 0.5) is 0 Å². The van der Waals surface area contributed by atoms with Crippen LogP contribution in [-0.4, -0.2) is 16.3 Å². The molecule has 3 heteroatoms. The topological polar surface area (TPSA) is 29.9 Å². The lowest BCUT2D eigenvalue weighted by Crippen LogP contribution is -2.21. The van der Waals surface area contributed by atoms with Crippen LogP contribution in [0.15, 0.2) is 24.3 Å². The van der Waals surface area contributed by atoms with E-state index in [0.717, 1.165) is 30.8 Å². The lowest BCUT2D eigenvalue weighted by Gasteiger charge is -2.18. The lowest BCUT2D eigenvalue weighted by molar-refractivity contribution is 0.518. The van der Waals surface area contributed by atoms with E-state index < -0.39 is 0 Å². The van der Waals surface area contributed by atoms with Gasteiger partial charge in [-0.05, 0) is 63.4 Å². The van der Waals surface area contributed by atoms with Gasteiger partial charge in [-0.15, -0.1) is 0 Å². The van der Waals surface area contributed by atoms with E-state index in [-0.39, 0.29) is 0 Å². The van der Waals surface area contributed by atoms with Crippen LogP contribution >= 0.6 is 0 Å². The predicted octanol–water partition coefficient (Wildman–Crippen LogP) is 4.25. The molecular formula is C18H27N3. The molecule has 1 N–H and O–H groups in total. The average Bonchev–Trinajstić information content (AvgIpc) is 2.76. The van der Waals surface area contributed by atoms with Crippen LogP contribution in [0.2, 0.25) is 0 Å². The van der Waals surface area contributed by atoms with Gasteiger partial charge in [-0.2, -0.15) is 5.10 Å². The highest BCUT2D eigenvalue weighted by Crippen LogP contribution is 2.22. The van der Waals surface area contributed by atoms with Crippen LogP contribution in [-0.2, 0) is 0 Å². The second kappa shape index (κ2) is 6.90. The maximum absolute atomic E-state index is 4.66. The van der Waals surface area contributed by atoms with Crippen LogP contribution in [0, 0.1) is 20.8 Å². The predicted molar refractivity (Wildman–Crippen MR) is 89.1 cm³/mol. The minimum atomic E-state index is 0.419. The number of aryl methyl sites for hydroxylation is 1. The Hall–Kier alpha value is -1.61. The monoisotopic (exact) mass is 285 g/mol. The minimum Gasteiger partial charge on any atom is -0.310 e. The summed E-state index contributed by atoms with van der Waals surface area (Å²) >= 11 is 0. The van der Waals surface area contributed by atoms with E-state index in [9.17, 15) is 0 Å². The van der Waals surface area contributed by atoms with E-state index in [4.69, 9.17) is 0 Å². The van der Waals surface area contributed by atoms with E-state index in [0.29, 0.717) is 6.04 Å². The van der Waals surface area contributed by atoms with Crippen LogP contribution in [0.3, 0.4) is 0 Å². The third-order valence-electron chi connectivity index (χ3n) is 4.22. The van der Waals surface area contributed by atoms with Crippen molar-refractivity contribution in [2.75, 3.05) is 6.54 Å². The standard InChI is InChI=1S/C18H27N3/c1-6-11-19-18(7-2)16-9-8-10-17(12-16)21-15(5)13(3)14(4)20-21/h8-10,12,18-19H,6-7,11H2,1-5H3. The number of hydrogen-bond acceptors (Lipinski definition) is 2. The molecule has 0 radical (unpaired) electrons. The number of rotatable bonds is 6. The number of aromatic nitrogens is 2. The molecule has 2 aromatic rings. The Labute approximate surface area is 128 Å². The molecule has 21 heavy (non-hydrogen) atoms. The van der Waals surface area contributed by atoms with Gasteiger partial charge in [0.25, 0.3) is 0 Å². The molecule has 3 nitrogen and oxygen atoms in total. The SMILES string of the molecule is CCCNC(CC)c1cccc(-n2nc(C)c(C)c2C)c1. The fourth-order valence-electron chi connectivity index (χ4n) is 2.66. The average molecular weight is 285 g/mol. The molecule has 2 rings (SSSR count). The molecule has 0 aliphatic heterocycles. The van der Waals surface area contributed by atoms with Crippen molar-refractivity contribution >= 4 is 0 Å². The fourth-order valence-corrected chi connectivity index (χ4v) is 2.66. The Bertz CT molecular complexity index is 599. The van der Waals surface area contributed by atoms with Crippen LogP contribution in [0.5, 0.6) is 0 Å². The van der Waals surface area contributed by atoms with Crippen molar-refractivity contribution in [2.45, 2.75) is 53.5 Å². The van der Waals surface area contributed by atoms with Crippen LogP contribution in [0.1, 0.15) is 55.2 Å². The molecule has 0 saturated carbocycles. The highest BCUT2D eigenvalue weighted by atomic mass is 15.3. The highest BCUT2D eigenvalue weighted by Gasteiger charge is 2.12. The Balaban J connectivity index is 2.34. The van der Waals surface area contributed by atoms with Gasteiger partial charge in [-0.1, -0.05) is 26.0 Å². The van der Waals surface area contributed by atoms with Crippen LogP contribution in [0.25, 0.3) is 5.69 Å². The molecule has 1 atom stereocenters. The van der Waals surface area contributed by atoms with Gasteiger partial charge in [-0.3, -0.25) is 0 Å². The highest BCUT2D eigenvalue weighted by molar-refractivity contribution is 5.40. The van der Waals surface area contributed by atoms with Crippen molar-refractivity contribution in [3.05, 3.63) is 46.8 Å². The molecule has 0 bridgehead atoms. The quantitative estimate of drug-likeness (QED) is 0.860. The third-order valence-corrected chi connectivity index (χ3v) is 4.22. The smallest absolute Gasteiger partial charge is 0.0652 e. The van der Waals surface area contributed by atoms with E-state index in [1.165, 1.54) is 16.8 Å². The van der Waals surface area contributed by atoms with Crippen molar-refractivity contribution in [2.24, 2.45) is 0 Å². The van der Waals surface area contributed by atoms with Gasteiger partial charge < -0.3 is 5.32 Å². The Morgan fingerprint density at radius 3 is 2.52 bits per heavy atom. The summed E-state index contributed by atoms with van der Waals surface area (Å²) in [5.74, 6) is 0. The normalized spacial score (nSPS) is 12.6. The molecular weight excluding hydrogens is 258 g/mol. The van der Waals surface area contributed by atoms with Gasteiger partial charge in [0.15, 0.2) is 0 Å². The van der Waals surface area contributed by atoms with Crippen molar-refractivity contribution in [3.63, 3.8) is 0 Å². The van der Waals surface area contributed by atoms with Crippen molar-refractivity contribution in [1.29, 1.82) is 0 Å². The summed E-state index contributed by atoms with van der Waals surface area (Å²) in [7, 11) is 0. The lowest BCUT2D eigenvalue weighted by atomic mass is 10.0. The molecule has 0 aliphatic rings. The molecule has 0 spiro atoms. The van der Waals surface area contributed by atoms with Crippen molar-refractivity contribution in [1.82, 2.24) is 15.1 Å². The number of nitrogens with zero attached hydrogens (tertiary/aromatic N) is 2. The summed E-state index contributed by atoms with van der Waals surface area (Å²) in [5.41, 5.74) is 6.09. The number of hydrogen-bond donors (Lipinski definition) is 1. The zero-order valence-electron chi connectivity index (χ0n) is 13.9. The molecule has 0 aliphatic carbocycles. The van der Waals surface area contributed by atoms with Gasteiger partial charge in [0.2, 0.25) is 0 Å². The zero-order valence-corrected chi connectivity index (χ0v) is 13.9.